The third-order valence-corrected chi connectivity index (χ3v) is 6.77. The molecule has 0 saturated carbocycles. The van der Waals surface area contributed by atoms with E-state index in [0.29, 0.717) is 6.54 Å². The van der Waals surface area contributed by atoms with E-state index in [1.54, 1.807) is 4.90 Å². The quantitative estimate of drug-likeness (QED) is 0.439. The topological polar surface area (TPSA) is 132 Å². The number of aliphatic hydroxyl groups is 1. The van der Waals surface area contributed by atoms with Crippen LogP contribution in [0.2, 0.25) is 0 Å². The molecule has 0 aliphatic carbocycles. The highest BCUT2D eigenvalue weighted by Crippen LogP contribution is 2.28. The van der Waals surface area contributed by atoms with E-state index in [9.17, 15) is 31.2 Å². The van der Waals surface area contributed by atoms with Crippen molar-refractivity contribution in [1.82, 2.24) is 15.2 Å². The van der Waals surface area contributed by atoms with E-state index in [2.05, 4.69) is 5.43 Å². The number of anilines is 2. The lowest BCUT2D eigenvalue weighted by Crippen LogP contribution is -2.45. The highest BCUT2D eigenvalue weighted by molar-refractivity contribution is 7.89. The minimum Gasteiger partial charge on any atom is -0.442 e. The molecule has 1 aromatic rings. The average molecular weight is 495 g/mol. The molecule has 2 saturated heterocycles. The summed E-state index contributed by atoms with van der Waals surface area (Å²) in [7, 11) is -3.69. The van der Waals surface area contributed by atoms with Gasteiger partial charge in [0.05, 0.1) is 36.8 Å². The number of rotatable bonds is 8. The lowest BCUT2D eigenvalue weighted by atomic mass is 10.2. The van der Waals surface area contributed by atoms with Gasteiger partial charge in [0.15, 0.2) is 0 Å². The molecule has 1 atom stereocenters. The predicted molar refractivity (Wildman–Crippen MR) is 111 cm³/mol. The van der Waals surface area contributed by atoms with Crippen LogP contribution in [-0.4, -0.2) is 94.1 Å². The van der Waals surface area contributed by atoms with E-state index < -0.39 is 52.7 Å². The molecule has 2 aliphatic rings. The molecule has 11 nitrogen and oxygen atoms in total. The molecule has 33 heavy (non-hydrogen) atoms. The van der Waals surface area contributed by atoms with Crippen LogP contribution in [-0.2, 0) is 19.6 Å². The highest BCUT2D eigenvalue weighted by Gasteiger charge is 2.34. The molecule has 15 heteroatoms. The van der Waals surface area contributed by atoms with Crippen molar-refractivity contribution >= 4 is 33.4 Å². The van der Waals surface area contributed by atoms with Crippen LogP contribution in [0.3, 0.4) is 0 Å². The first-order chi connectivity index (χ1) is 15.6. The zero-order chi connectivity index (χ0) is 24.2. The molecular weight excluding hydrogens is 471 g/mol. The van der Waals surface area contributed by atoms with E-state index in [4.69, 9.17) is 9.84 Å². The molecule has 0 bridgehead atoms. The second kappa shape index (κ2) is 10.5. The number of sulfonamides is 1. The maximum atomic E-state index is 14.9. The molecule has 0 aromatic heterocycles. The molecule has 2 amide bonds. The number of cyclic esters (lactones) is 1. The van der Waals surface area contributed by atoms with Crippen molar-refractivity contribution in [2.45, 2.75) is 12.5 Å². The number of halogens is 3. The summed E-state index contributed by atoms with van der Waals surface area (Å²) in [5, 5.41) is 10.9. The Morgan fingerprint density at radius 2 is 2.06 bits per heavy atom. The summed E-state index contributed by atoms with van der Waals surface area (Å²) >= 11 is 0. The van der Waals surface area contributed by atoms with Gasteiger partial charge in [0.1, 0.15) is 11.9 Å². The smallest absolute Gasteiger partial charge is 0.414 e. The molecule has 1 aromatic carbocycles. The van der Waals surface area contributed by atoms with E-state index in [0.717, 1.165) is 15.4 Å². The van der Waals surface area contributed by atoms with Gasteiger partial charge in [-0.05, 0) is 18.2 Å². The van der Waals surface area contributed by atoms with E-state index >= 15 is 0 Å². The minimum atomic E-state index is -3.69. The van der Waals surface area contributed by atoms with Gasteiger partial charge in [-0.25, -0.2) is 23.0 Å². The van der Waals surface area contributed by atoms with Gasteiger partial charge in [-0.2, -0.15) is 8.78 Å². The van der Waals surface area contributed by atoms with Crippen LogP contribution in [0.4, 0.5) is 29.3 Å². The van der Waals surface area contributed by atoms with E-state index in [1.165, 1.54) is 12.1 Å². The fourth-order valence-corrected chi connectivity index (χ4v) is 4.57. The zero-order valence-corrected chi connectivity index (χ0v) is 18.2. The number of amides is 2. The Bertz CT molecular complexity index is 982. The molecule has 2 heterocycles. The predicted octanol–water partition coefficient (Wildman–Crippen LogP) is -0.519. The second-order valence-electron chi connectivity index (χ2n) is 7.30. The largest absolute Gasteiger partial charge is 0.442 e. The van der Waals surface area contributed by atoms with Gasteiger partial charge in [0, 0.05) is 26.2 Å². The zero-order valence-electron chi connectivity index (χ0n) is 17.4. The lowest BCUT2D eigenvalue weighted by Gasteiger charge is -2.24. The monoisotopic (exact) mass is 495 g/mol. The summed E-state index contributed by atoms with van der Waals surface area (Å²) < 4.78 is 69.7. The SMILES string of the molecule is O=C(NCC1CN(c2ccc(N3CCNN(S(=O)(=O)CCO)CC3)c(F)c2)C(=O)O1)C(F)F. The van der Waals surface area contributed by atoms with Gasteiger partial charge >= 0.3 is 12.5 Å². The van der Waals surface area contributed by atoms with Crippen LogP contribution >= 0.6 is 0 Å². The van der Waals surface area contributed by atoms with Gasteiger partial charge in [0.25, 0.3) is 5.91 Å². The number of carbonyl (C=O) groups is 2. The molecule has 1 unspecified atom stereocenters. The fourth-order valence-electron chi connectivity index (χ4n) is 3.47. The standard InChI is InChI=1S/C18H24F3N5O6S/c19-14-9-12(25-11-13(32-18(25)29)10-22-17(28)16(20)21)1-2-15(14)24-4-3-23-26(6-5-24)33(30,31)8-7-27/h1-2,9,13,16,23,27H,3-8,10-11H2,(H,22,28). The van der Waals surface area contributed by atoms with Gasteiger partial charge in [-0.1, -0.05) is 0 Å². The molecule has 0 spiro atoms. The van der Waals surface area contributed by atoms with Crippen molar-refractivity contribution in [3.63, 3.8) is 0 Å². The number of benzene rings is 1. The average Bonchev–Trinajstić information content (AvgIpc) is 2.95. The molecule has 3 N–H and O–H groups in total. The van der Waals surface area contributed by atoms with Crippen molar-refractivity contribution < 1.29 is 41.0 Å². The van der Waals surface area contributed by atoms with Crippen LogP contribution in [0, 0.1) is 5.82 Å². The van der Waals surface area contributed by atoms with Crippen molar-refractivity contribution in [3.05, 3.63) is 24.0 Å². The number of nitrogens with zero attached hydrogens (tertiary/aromatic N) is 3. The molecule has 2 aliphatic heterocycles. The van der Waals surface area contributed by atoms with E-state index in [-0.39, 0.29) is 44.1 Å². The Hall–Kier alpha value is -2.62. The Morgan fingerprint density at radius 1 is 1.30 bits per heavy atom. The maximum Gasteiger partial charge on any atom is 0.414 e. The van der Waals surface area contributed by atoms with Crippen molar-refractivity contribution in [2.75, 3.05) is 61.4 Å². The number of carbonyl (C=O) groups excluding carboxylic acids is 2. The number of ether oxygens (including phenoxy) is 1. The molecule has 0 radical (unpaired) electrons. The first kappa shape index (κ1) is 25.0. The first-order valence-electron chi connectivity index (χ1n) is 10.1. The number of nitrogens with one attached hydrogen (secondary N) is 2. The number of alkyl halides is 2. The summed E-state index contributed by atoms with van der Waals surface area (Å²) in [6.07, 6.45) is -4.86. The summed E-state index contributed by atoms with van der Waals surface area (Å²) in [6, 6.07) is 4.05. The molecule has 2 fully saturated rings. The Balaban J connectivity index is 1.64. The number of hydrogen-bond acceptors (Lipinski definition) is 8. The highest BCUT2D eigenvalue weighted by atomic mass is 32.2. The van der Waals surface area contributed by atoms with Crippen molar-refractivity contribution in [2.24, 2.45) is 0 Å². The lowest BCUT2D eigenvalue weighted by molar-refractivity contribution is -0.132. The number of hydrogen-bond donors (Lipinski definition) is 3. The summed E-state index contributed by atoms with van der Waals surface area (Å²) in [5.41, 5.74) is 3.13. The van der Waals surface area contributed by atoms with Crippen LogP contribution in [0.15, 0.2) is 18.2 Å². The third-order valence-electron chi connectivity index (χ3n) is 5.09. The minimum absolute atomic E-state index is 0.0357. The van der Waals surface area contributed by atoms with E-state index in [1.807, 2.05) is 5.32 Å². The normalized spacial score (nSPS) is 20.2. The Morgan fingerprint density at radius 3 is 2.73 bits per heavy atom. The first-order valence-corrected chi connectivity index (χ1v) is 11.7. The van der Waals surface area contributed by atoms with Gasteiger partial charge in [-0.15, -0.1) is 4.41 Å². The third kappa shape index (κ3) is 6.04. The molecular formula is C18H24F3N5O6S. The van der Waals surface area contributed by atoms with Crippen molar-refractivity contribution in [1.29, 1.82) is 0 Å². The van der Waals surface area contributed by atoms with Crippen molar-refractivity contribution in [3.8, 4) is 0 Å². The molecule has 3 rings (SSSR count). The van der Waals surface area contributed by atoms with Gasteiger partial charge in [-0.3, -0.25) is 9.69 Å². The van der Waals surface area contributed by atoms with Crippen LogP contribution in [0.1, 0.15) is 0 Å². The summed E-state index contributed by atoms with van der Waals surface area (Å²) in [4.78, 5) is 25.9. The van der Waals surface area contributed by atoms with Crippen LogP contribution in [0.25, 0.3) is 0 Å². The summed E-state index contributed by atoms with van der Waals surface area (Å²) in [6.45, 7) is -0.136. The Labute approximate surface area is 188 Å². The van der Waals surface area contributed by atoms with Gasteiger partial charge in [0.2, 0.25) is 10.0 Å². The van der Waals surface area contributed by atoms with Crippen LogP contribution < -0.4 is 20.5 Å². The number of aliphatic hydroxyl groups excluding tert-OH is 1. The Kier molecular flexibility index (Phi) is 7.99. The molecule has 184 valence electrons. The van der Waals surface area contributed by atoms with Gasteiger partial charge < -0.3 is 20.1 Å². The fraction of sp³-hybridized carbons (Fsp3) is 0.556. The second-order valence-corrected chi connectivity index (χ2v) is 9.32. The number of hydrazine groups is 1. The maximum absolute atomic E-state index is 14.9. The van der Waals surface area contributed by atoms with Crippen LogP contribution in [0.5, 0.6) is 0 Å². The summed E-state index contributed by atoms with van der Waals surface area (Å²) in [5.74, 6) is -2.56.